The summed E-state index contributed by atoms with van der Waals surface area (Å²) in [5, 5.41) is 10.3. The number of carbonyl (C=O) groups is 1. The average Bonchev–Trinajstić information content (AvgIpc) is 2.05. The van der Waals surface area contributed by atoms with E-state index in [0.717, 1.165) is 5.56 Å². The van der Waals surface area contributed by atoms with E-state index >= 15 is 0 Å². The Kier molecular flexibility index (Phi) is 6.04. The summed E-state index contributed by atoms with van der Waals surface area (Å²) in [4.78, 5) is 10.3. The van der Waals surface area contributed by atoms with Crippen LogP contribution in [0, 0.1) is 0 Å². The van der Waals surface area contributed by atoms with Crippen molar-refractivity contribution >= 4 is 5.97 Å². The summed E-state index contributed by atoms with van der Waals surface area (Å²) in [5.41, 5.74) is 1.04. The predicted octanol–water partition coefficient (Wildman–Crippen LogP) is -2.07. The zero-order valence-electron chi connectivity index (χ0n) is 7.99. The number of aliphatic carboxylic acids is 1. The summed E-state index contributed by atoms with van der Waals surface area (Å²) in [6.45, 7) is 1.88. The van der Waals surface area contributed by atoms with E-state index in [4.69, 9.17) is 0 Å². The van der Waals surface area contributed by atoms with Gasteiger partial charge in [-0.25, -0.2) is 0 Å². The van der Waals surface area contributed by atoms with E-state index in [1.54, 1.807) is 0 Å². The number of rotatable bonds is 3. The molecule has 0 radical (unpaired) electrons. The quantitative estimate of drug-likeness (QED) is 0.509. The van der Waals surface area contributed by atoms with Gasteiger partial charge in [0.15, 0.2) is 0 Å². The smallest absolute Gasteiger partial charge is 0.550 e. The van der Waals surface area contributed by atoms with Crippen molar-refractivity contribution in [3.63, 3.8) is 0 Å². The molecular weight excluding hydrogens is 175 g/mol. The van der Waals surface area contributed by atoms with Crippen LogP contribution in [0.15, 0.2) is 30.3 Å². The molecule has 1 rings (SSSR count). The third-order valence-corrected chi connectivity index (χ3v) is 1.84. The van der Waals surface area contributed by atoms with Crippen molar-refractivity contribution in [2.24, 2.45) is 0 Å². The fraction of sp³-hybridized carbons (Fsp3) is 0.300. The van der Waals surface area contributed by atoms with Crippen LogP contribution in [0.4, 0.5) is 0 Å². The maximum Gasteiger partial charge on any atom is 1.00 e. The number of carboxylic acid groups (broad SMARTS) is 1. The van der Waals surface area contributed by atoms with Crippen molar-refractivity contribution in [2.45, 2.75) is 19.3 Å². The van der Waals surface area contributed by atoms with E-state index in [9.17, 15) is 9.90 Å². The van der Waals surface area contributed by atoms with Crippen molar-refractivity contribution in [3.8, 4) is 0 Å². The minimum Gasteiger partial charge on any atom is -0.550 e. The van der Waals surface area contributed by atoms with Crippen LogP contribution in [0.5, 0.6) is 0 Å². The fourth-order valence-corrected chi connectivity index (χ4v) is 1.15. The monoisotopic (exact) mass is 186 g/mol. The van der Waals surface area contributed by atoms with Crippen LogP contribution in [0.1, 0.15) is 24.8 Å². The topological polar surface area (TPSA) is 40.1 Å². The molecule has 0 amide bonds. The molecule has 0 heterocycles. The Bertz CT molecular complexity index is 259. The number of hydrogen-bond acceptors (Lipinski definition) is 2. The van der Waals surface area contributed by atoms with Crippen LogP contribution in [0.25, 0.3) is 0 Å². The minimum atomic E-state index is -0.994. The molecule has 0 saturated heterocycles. The molecule has 1 unspecified atom stereocenters. The Hall–Kier alpha value is -0.310. The van der Waals surface area contributed by atoms with Crippen LogP contribution < -0.4 is 34.7 Å². The maximum atomic E-state index is 10.3. The molecule has 0 N–H and O–H groups in total. The maximum absolute atomic E-state index is 10.3. The average molecular weight is 186 g/mol. The van der Waals surface area contributed by atoms with E-state index < -0.39 is 5.97 Å². The largest absolute Gasteiger partial charge is 1.00 e. The first kappa shape index (κ1) is 12.7. The van der Waals surface area contributed by atoms with E-state index in [2.05, 4.69) is 0 Å². The molecule has 0 saturated carbocycles. The van der Waals surface area contributed by atoms with Gasteiger partial charge in [-0.3, -0.25) is 0 Å². The first-order chi connectivity index (χ1) is 5.70. The molecule has 0 aliphatic heterocycles. The summed E-state index contributed by atoms with van der Waals surface area (Å²) >= 11 is 0. The molecule has 1 aromatic rings. The zero-order valence-corrected chi connectivity index (χ0v) is 9.99. The van der Waals surface area contributed by atoms with Crippen molar-refractivity contribution in [3.05, 3.63) is 35.9 Å². The normalized spacial score (nSPS) is 11.5. The van der Waals surface area contributed by atoms with Gasteiger partial charge in [0, 0.05) is 5.97 Å². The van der Waals surface area contributed by atoms with Crippen molar-refractivity contribution in [1.82, 2.24) is 0 Å². The van der Waals surface area contributed by atoms with Crippen LogP contribution in [0.3, 0.4) is 0 Å². The minimum absolute atomic E-state index is 0. The van der Waals surface area contributed by atoms with Gasteiger partial charge >= 0.3 is 29.6 Å². The van der Waals surface area contributed by atoms with Gasteiger partial charge in [-0.15, -0.1) is 0 Å². The van der Waals surface area contributed by atoms with Gasteiger partial charge in [-0.2, -0.15) is 0 Å². The van der Waals surface area contributed by atoms with Crippen LogP contribution >= 0.6 is 0 Å². The summed E-state index contributed by atoms with van der Waals surface area (Å²) in [6, 6.07) is 9.57. The van der Waals surface area contributed by atoms with Gasteiger partial charge < -0.3 is 9.90 Å². The Morgan fingerprint density at radius 1 is 1.38 bits per heavy atom. The molecule has 1 atom stereocenters. The Labute approximate surface area is 100 Å². The van der Waals surface area contributed by atoms with E-state index in [0.29, 0.717) is 0 Å². The van der Waals surface area contributed by atoms with Crippen molar-refractivity contribution in [1.29, 1.82) is 0 Å². The zero-order chi connectivity index (χ0) is 8.97. The van der Waals surface area contributed by atoms with E-state index in [1.807, 2.05) is 37.3 Å². The van der Waals surface area contributed by atoms with Crippen LogP contribution in [-0.2, 0) is 4.79 Å². The molecule has 0 spiro atoms. The third-order valence-electron chi connectivity index (χ3n) is 1.84. The Morgan fingerprint density at radius 3 is 2.38 bits per heavy atom. The molecule has 0 fully saturated rings. The SMILES string of the molecule is CC(CC(=O)[O-])c1ccccc1.[Na+]. The Morgan fingerprint density at radius 2 is 1.92 bits per heavy atom. The van der Waals surface area contributed by atoms with Gasteiger partial charge in [0.2, 0.25) is 0 Å². The van der Waals surface area contributed by atoms with Crippen molar-refractivity contribution in [2.75, 3.05) is 0 Å². The summed E-state index contributed by atoms with van der Waals surface area (Å²) in [5.74, 6) is -0.956. The Balaban J connectivity index is 0.00000144. The molecule has 0 aliphatic rings. The molecule has 1 aromatic carbocycles. The molecule has 64 valence electrons. The fourth-order valence-electron chi connectivity index (χ4n) is 1.15. The van der Waals surface area contributed by atoms with Gasteiger partial charge in [0.05, 0.1) is 0 Å². The number of carbonyl (C=O) groups excluding carboxylic acids is 1. The summed E-state index contributed by atoms with van der Waals surface area (Å²) in [6.07, 6.45) is 0.0873. The molecule has 0 bridgehead atoms. The second-order valence-electron chi connectivity index (χ2n) is 2.89. The van der Waals surface area contributed by atoms with Gasteiger partial charge in [0.1, 0.15) is 0 Å². The predicted molar refractivity (Wildman–Crippen MR) is 44.5 cm³/mol. The number of hydrogen-bond donors (Lipinski definition) is 0. The van der Waals surface area contributed by atoms with E-state index in [1.165, 1.54) is 0 Å². The molecule has 0 aromatic heterocycles. The standard InChI is InChI=1S/C10H12O2.Na/c1-8(7-10(11)12)9-5-3-2-4-6-9;/h2-6,8H,7H2,1H3,(H,11,12);/q;+1/p-1. The van der Waals surface area contributed by atoms with Gasteiger partial charge in [0.25, 0.3) is 0 Å². The van der Waals surface area contributed by atoms with E-state index in [-0.39, 0.29) is 41.9 Å². The second kappa shape index (κ2) is 6.19. The van der Waals surface area contributed by atoms with Crippen LogP contribution in [-0.4, -0.2) is 5.97 Å². The molecule has 0 aliphatic carbocycles. The van der Waals surface area contributed by atoms with Crippen LogP contribution in [0.2, 0.25) is 0 Å². The molecular formula is C10H11NaO2. The molecule has 13 heavy (non-hydrogen) atoms. The van der Waals surface area contributed by atoms with Gasteiger partial charge in [-0.1, -0.05) is 37.3 Å². The van der Waals surface area contributed by atoms with Crippen molar-refractivity contribution < 1.29 is 39.5 Å². The van der Waals surface area contributed by atoms with Gasteiger partial charge in [-0.05, 0) is 17.9 Å². The number of benzene rings is 1. The first-order valence-electron chi connectivity index (χ1n) is 3.95. The second-order valence-corrected chi connectivity index (χ2v) is 2.89. The number of carboxylic acids is 1. The molecule has 2 nitrogen and oxygen atoms in total. The third kappa shape index (κ3) is 4.46. The first-order valence-corrected chi connectivity index (χ1v) is 3.95. The summed E-state index contributed by atoms with van der Waals surface area (Å²) < 4.78 is 0. The molecule has 3 heteroatoms. The summed E-state index contributed by atoms with van der Waals surface area (Å²) in [7, 11) is 0.